The van der Waals surface area contributed by atoms with E-state index in [-0.39, 0.29) is 17.9 Å². The number of benzene rings is 2. The molecule has 4 rings (SSSR count). The summed E-state index contributed by atoms with van der Waals surface area (Å²) in [4.78, 5) is 29.7. The normalized spacial score (nSPS) is 11.3. The Kier molecular flexibility index (Phi) is 3.77. The quantitative estimate of drug-likeness (QED) is 0.498. The second-order valence-corrected chi connectivity index (χ2v) is 6.79. The number of ketones is 1. The van der Waals surface area contributed by atoms with Gasteiger partial charge < -0.3 is 4.57 Å². The van der Waals surface area contributed by atoms with Gasteiger partial charge >= 0.3 is 0 Å². The monoisotopic (exact) mass is 395 g/mol. The molecule has 0 aliphatic rings. The fraction of sp³-hybridized carbons (Fsp3) is 0.105. The third-order valence-electron chi connectivity index (χ3n) is 4.23. The molecule has 0 aliphatic heterocycles. The van der Waals surface area contributed by atoms with E-state index >= 15 is 0 Å². The Morgan fingerprint density at radius 2 is 1.84 bits per heavy atom. The van der Waals surface area contributed by atoms with Crippen LogP contribution in [-0.4, -0.2) is 19.7 Å². The number of para-hydroxylation sites is 2. The Balaban J connectivity index is 1.88. The fourth-order valence-corrected chi connectivity index (χ4v) is 3.22. The second kappa shape index (κ2) is 5.97. The molecule has 0 amide bonds. The number of aromatic nitrogens is 3. The number of hydrogen-bond acceptors (Lipinski definition) is 3. The topological polar surface area (TPSA) is 56.4 Å². The number of fused-ring (bicyclic) bond motifs is 3. The highest BCUT2D eigenvalue weighted by Crippen LogP contribution is 2.17. The highest BCUT2D eigenvalue weighted by atomic mass is 79.9. The van der Waals surface area contributed by atoms with Gasteiger partial charge in [-0.15, -0.1) is 0 Å². The van der Waals surface area contributed by atoms with Crippen LogP contribution < -0.4 is 5.56 Å². The van der Waals surface area contributed by atoms with Crippen molar-refractivity contribution in [3.8, 4) is 0 Å². The SMILES string of the molecule is Cc1cc(=O)n2c3ccccc3nc2n1CC(=O)c1ccc(Br)cc1. The Morgan fingerprint density at radius 3 is 2.60 bits per heavy atom. The van der Waals surface area contributed by atoms with E-state index in [4.69, 9.17) is 0 Å². The first kappa shape index (κ1) is 15.8. The lowest BCUT2D eigenvalue weighted by Gasteiger charge is -2.11. The third-order valence-corrected chi connectivity index (χ3v) is 4.76. The van der Waals surface area contributed by atoms with Crippen LogP contribution in [0.4, 0.5) is 0 Å². The highest BCUT2D eigenvalue weighted by Gasteiger charge is 2.15. The van der Waals surface area contributed by atoms with Gasteiger partial charge in [-0.25, -0.2) is 9.38 Å². The first-order chi connectivity index (χ1) is 12.0. The van der Waals surface area contributed by atoms with E-state index in [0.29, 0.717) is 17.0 Å². The van der Waals surface area contributed by atoms with Crippen LogP contribution in [0.1, 0.15) is 16.1 Å². The number of imidazole rings is 1. The number of halogens is 1. The summed E-state index contributed by atoms with van der Waals surface area (Å²) in [7, 11) is 0. The minimum atomic E-state index is -0.145. The Hall–Kier alpha value is -2.73. The zero-order chi connectivity index (χ0) is 17.6. The fourth-order valence-electron chi connectivity index (χ4n) is 2.96. The van der Waals surface area contributed by atoms with Gasteiger partial charge in [-0.2, -0.15) is 0 Å². The van der Waals surface area contributed by atoms with E-state index in [1.54, 1.807) is 21.1 Å². The minimum absolute atomic E-state index is 0.0341. The molecule has 0 unspecified atom stereocenters. The number of hydrogen-bond donors (Lipinski definition) is 0. The Morgan fingerprint density at radius 1 is 1.12 bits per heavy atom. The van der Waals surface area contributed by atoms with Crippen LogP contribution >= 0.6 is 15.9 Å². The van der Waals surface area contributed by atoms with Crippen LogP contribution in [0.25, 0.3) is 16.8 Å². The molecule has 0 bridgehead atoms. The van der Waals surface area contributed by atoms with Crippen molar-refractivity contribution in [2.45, 2.75) is 13.5 Å². The lowest BCUT2D eigenvalue weighted by atomic mass is 10.1. The van der Waals surface area contributed by atoms with E-state index in [0.717, 1.165) is 15.5 Å². The molecule has 0 saturated carbocycles. The molecule has 124 valence electrons. The van der Waals surface area contributed by atoms with Gasteiger partial charge in [0.05, 0.1) is 17.6 Å². The van der Waals surface area contributed by atoms with E-state index < -0.39 is 0 Å². The van der Waals surface area contributed by atoms with Crippen molar-refractivity contribution in [2.24, 2.45) is 0 Å². The van der Waals surface area contributed by atoms with Gasteiger partial charge in [0.1, 0.15) is 0 Å². The minimum Gasteiger partial charge on any atom is -0.308 e. The molecule has 0 spiro atoms. The molecule has 2 aromatic carbocycles. The van der Waals surface area contributed by atoms with Crippen molar-refractivity contribution in [3.05, 3.63) is 80.7 Å². The van der Waals surface area contributed by atoms with Gasteiger partial charge in [0.2, 0.25) is 5.78 Å². The van der Waals surface area contributed by atoms with Crippen molar-refractivity contribution in [2.75, 3.05) is 0 Å². The van der Waals surface area contributed by atoms with Crippen molar-refractivity contribution < 1.29 is 4.79 Å². The summed E-state index contributed by atoms with van der Waals surface area (Å²) in [5.74, 6) is 0.449. The van der Waals surface area contributed by atoms with E-state index in [1.807, 2.05) is 43.3 Å². The molecule has 4 aromatic rings. The molecule has 2 heterocycles. The predicted octanol–water partition coefficient (Wildman–Crippen LogP) is 3.60. The van der Waals surface area contributed by atoms with Crippen LogP contribution in [-0.2, 0) is 6.54 Å². The molecule has 0 radical (unpaired) electrons. The molecule has 0 atom stereocenters. The van der Waals surface area contributed by atoms with Crippen molar-refractivity contribution >= 4 is 38.5 Å². The number of nitrogens with zero attached hydrogens (tertiary/aromatic N) is 3. The van der Waals surface area contributed by atoms with Gasteiger partial charge in [0.25, 0.3) is 5.56 Å². The molecule has 0 aliphatic carbocycles. The van der Waals surface area contributed by atoms with Crippen LogP contribution in [0.3, 0.4) is 0 Å². The lowest BCUT2D eigenvalue weighted by Crippen LogP contribution is -2.22. The van der Waals surface area contributed by atoms with Gasteiger partial charge in [-0.05, 0) is 31.2 Å². The summed E-state index contributed by atoms with van der Waals surface area (Å²) < 4.78 is 4.26. The summed E-state index contributed by atoms with van der Waals surface area (Å²) in [6.07, 6.45) is 0. The standard InChI is InChI=1S/C19H14BrN3O2/c1-12-10-18(25)23-16-5-3-2-4-15(16)21-19(23)22(12)11-17(24)13-6-8-14(20)9-7-13/h2-10H,11H2,1H3. The maximum Gasteiger partial charge on any atom is 0.259 e. The average Bonchev–Trinajstić information content (AvgIpc) is 2.99. The molecule has 0 N–H and O–H groups in total. The number of rotatable bonds is 3. The molecular formula is C19H14BrN3O2. The van der Waals surface area contributed by atoms with Crippen LogP contribution in [0.15, 0.2) is 63.9 Å². The van der Waals surface area contributed by atoms with Crippen molar-refractivity contribution in [3.63, 3.8) is 0 Å². The maximum atomic E-state index is 12.7. The van der Waals surface area contributed by atoms with Crippen LogP contribution in [0.5, 0.6) is 0 Å². The van der Waals surface area contributed by atoms with Crippen LogP contribution in [0, 0.1) is 6.92 Å². The van der Waals surface area contributed by atoms with Crippen molar-refractivity contribution in [1.29, 1.82) is 0 Å². The maximum absolute atomic E-state index is 12.7. The number of aryl methyl sites for hydroxylation is 1. The summed E-state index contributed by atoms with van der Waals surface area (Å²) in [5.41, 5.74) is 2.66. The molecule has 0 fully saturated rings. The summed E-state index contributed by atoms with van der Waals surface area (Å²) >= 11 is 3.37. The van der Waals surface area contributed by atoms with E-state index in [2.05, 4.69) is 20.9 Å². The lowest BCUT2D eigenvalue weighted by molar-refractivity contribution is 0.0972. The second-order valence-electron chi connectivity index (χ2n) is 5.88. The average molecular weight is 396 g/mol. The first-order valence-electron chi connectivity index (χ1n) is 7.81. The molecule has 2 aromatic heterocycles. The van der Waals surface area contributed by atoms with Gasteiger partial charge in [0.15, 0.2) is 5.78 Å². The third kappa shape index (κ3) is 2.68. The zero-order valence-electron chi connectivity index (χ0n) is 13.4. The number of Topliss-reactive ketones (excluding diaryl/α,β-unsaturated/α-hetero) is 1. The Labute approximate surface area is 151 Å². The van der Waals surface area contributed by atoms with Crippen molar-refractivity contribution in [1.82, 2.24) is 14.0 Å². The number of carbonyl (C=O) groups excluding carboxylic acids is 1. The van der Waals surface area contributed by atoms with Crippen LogP contribution in [0.2, 0.25) is 0 Å². The summed E-state index contributed by atoms with van der Waals surface area (Å²) in [6.45, 7) is 1.94. The predicted molar refractivity (Wildman–Crippen MR) is 100 cm³/mol. The smallest absolute Gasteiger partial charge is 0.259 e. The molecular weight excluding hydrogens is 382 g/mol. The Bertz CT molecular complexity index is 1170. The van der Waals surface area contributed by atoms with Gasteiger partial charge in [0, 0.05) is 21.8 Å². The highest BCUT2D eigenvalue weighted by molar-refractivity contribution is 9.10. The first-order valence-corrected chi connectivity index (χ1v) is 8.60. The molecule has 25 heavy (non-hydrogen) atoms. The molecule has 0 saturated heterocycles. The largest absolute Gasteiger partial charge is 0.308 e. The number of carbonyl (C=O) groups is 1. The van der Waals surface area contributed by atoms with E-state index in [9.17, 15) is 9.59 Å². The summed E-state index contributed by atoms with van der Waals surface area (Å²) in [5, 5.41) is 0. The summed E-state index contributed by atoms with van der Waals surface area (Å²) in [6, 6.07) is 16.2. The zero-order valence-corrected chi connectivity index (χ0v) is 15.0. The van der Waals surface area contributed by atoms with E-state index in [1.165, 1.54) is 6.07 Å². The van der Waals surface area contributed by atoms with Gasteiger partial charge in [-0.3, -0.25) is 9.59 Å². The molecule has 5 nitrogen and oxygen atoms in total. The van der Waals surface area contributed by atoms with Gasteiger partial charge in [-0.1, -0.05) is 40.2 Å². The molecule has 6 heteroatoms.